The van der Waals surface area contributed by atoms with Crippen molar-refractivity contribution in [3.8, 4) is 0 Å². The van der Waals surface area contributed by atoms with Crippen molar-refractivity contribution in [3.05, 3.63) is 71.3 Å². The van der Waals surface area contributed by atoms with E-state index >= 15 is 0 Å². The first-order chi connectivity index (χ1) is 12.1. The number of carboxylic acid groups (broad SMARTS) is 1. The predicted octanol–water partition coefficient (Wildman–Crippen LogP) is 2.61. The molecule has 0 bridgehead atoms. The van der Waals surface area contributed by atoms with Gasteiger partial charge in [-0.15, -0.1) is 0 Å². The molecule has 0 fully saturated rings. The van der Waals surface area contributed by atoms with Crippen LogP contribution < -0.4 is 10.6 Å². The van der Waals surface area contributed by atoms with Crippen LogP contribution >= 0.6 is 0 Å². The highest BCUT2D eigenvalue weighted by molar-refractivity contribution is 5.93. The van der Waals surface area contributed by atoms with Crippen LogP contribution in [0, 0.1) is 0 Å². The van der Waals surface area contributed by atoms with Crippen LogP contribution in [0.4, 0.5) is 0 Å². The lowest BCUT2D eigenvalue weighted by atomic mass is 10.0. The first-order valence-corrected chi connectivity index (χ1v) is 8.38. The Hall–Kier alpha value is -2.66. The molecule has 0 saturated carbocycles. The third kappa shape index (κ3) is 6.39. The molecule has 0 aliphatic heterocycles. The van der Waals surface area contributed by atoms with Gasteiger partial charge in [-0.1, -0.05) is 42.5 Å². The minimum Gasteiger partial charge on any atom is -0.481 e. The van der Waals surface area contributed by atoms with Crippen LogP contribution in [0.3, 0.4) is 0 Å². The molecule has 25 heavy (non-hydrogen) atoms. The van der Waals surface area contributed by atoms with Crippen LogP contribution in [0.2, 0.25) is 0 Å². The number of carbonyl (C=O) groups excluding carboxylic acids is 1. The second kappa shape index (κ2) is 9.59. The van der Waals surface area contributed by atoms with Gasteiger partial charge in [0.2, 0.25) is 0 Å². The summed E-state index contributed by atoms with van der Waals surface area (Å²) in [5.74, 6) is -0.891. The summed E-state index contributed by atoms with van der Waals surface area (Å²) >= 11 is 0. The Morgan fingerprint density at radius 3 is 2.28 bits per heavy atom. The molecule has 0 heterocycles. The normalized spacial score (nSPS) is 11.7. The fourth-order valence-electron chi connectivity index (χ4n) is 2.65. The Kier molecular flexibility index (Phi) is 7.16. The average Bonchev–Trinajstić information content (AvgIpc) is 2.64. The number of hydrogen-bond acceptors (Lipinski definition) is 3. The zero-order chi connectivity index (χ0) is 18.1. The Morgan fingerprint density at radius 1 is 1.00 bits per heavy atom. The van der Waals surface area contributed by atoms with E-state index in [1.165, 1.54) is 5.56 Å². The first-order valence-electron chi connectivity index (χ1n) is 8.38. The number of benzene rings is 2. The lowest BCUT2D eigenvalue weighted by Crippen LogP contribution is -2.31. The van der Waals surface area contributed by atoms with Crippen LogP contribution in [-0.4, -0.2) is 30.1 Å². The van der Waals surface area contributed by atoms with Crippen molar-refractivity contribution in [2.24, 2.45) is 0 Å². The summed E-state index contributed by atoms with van der Waals surface area (Å²) in [7, 11) is 1.61. The van der Waals surface area contributed by atoms with Crippen molar-refractivity contribution in [3.63, 3.8) is 0 Å². The van der Waals surface area contributed by atoms with Gasteiger partial charge in [-0.25, -0.2) is 0 Å². The summed E-state index contributed by atoms with van der Waals surface area (Å²) in [5, 5.41) is 15.0. The molecule has 1 atom stereocenters. The monoisotopic (exact) mass is 340 g/mol. The van der Waals surface area contributed by atoms with Crippen molar-refractivity contribution < 1.29 is 14.7 Å². The zero-order valence-electron chi connectivity index (χ0n) is 14.4. The highest BCUT2D eigenvalue weighted by Crippen LogP contribution is 2.10. The molecule has 1 amide bonds. The highest BCUT2D eigenvalue weighted by Gasteiger charge is 2.12. The fraction of sp³-hybridized carbons (Fsp3) is 0.300. The Bertz CT molecular complexity index is 684. The molecule has 0 aromatic heterocycles. The van der Waals surface area contributed by atoms with Gasteiger partial charge in [-0.05, 0) is 36.1 Å². The molecule has 2 aromatic rings. The number of hydrogen-bond donors (Lipinski definition) is 3. The van der Waals surface area contributed by atoms with Crippen LogP contribution in [-0.2, 0) is 17.8 Å². The molecule has 132 valence electrons. The van der Waals surface area contributed by atoms with Gasteiger partial charge in [0.05, 0.1) is 0 Å². The van der Waals surface area contributed by atoms with Crippen LogP contribution in [0.25, 0.3) is 0 Å². The van der Waals surface area contributed by atoms with Gasteiger partial charge in [0.15, 0.2) is 0 Å². The fourth-order valence-corrected chi connectivity index (χ4v) is 2.65. The summed E-state index contributed by atoms with van der Waals surface area (Å²) in [5.41, 5.74) is 2.86. The quantitative estimate of drug-likeness (QED) is 0.656. The minimum atomic E-state index is -0.783. The van der Waals surface area contributed by atoms with E-state index in [1.807, 2.05) is 42.5 Å². The summed E-state index contributed by atoms with van der Waals surface area (Å²) in [4.78, 5) is 22.5. The van der Waals surface area contributed by atoms with Crippen molar-refractivity contribution in [1.29, 1.82) is 0 Å². The second-order valence-corrected chi connectivity index (χ2v) is 5.98. The average molecular weight is 340 g/mol. The Labute approximate surface area is 148 Å². The highest BCUT2D eigenvalue weighted by atomic mass is 16.4. The number of carbonyl (C=O) groups is 2. The van der Waals surface area contributed by atoms with Crippen LogP contribution in [0.15, 0.2) is 54.6 Å². The van der Waals surface area contributed by atoms with Crippen molar-refractivity contribution in [2.45, 2.75) is 31.8 Å². The van der Waals surface area contributed by atoms with E-state index in [9.17, 15) is 9.59 Å². The van der Waals surface area contributed by atoms with E-state index < -0.39 is 5.97 Å². The van der Waals surface area contributed by atoms with Gasteiger partial charge < -0.3 is 15.7 Å². The third-order valence-electron chi connectivity index (χ3n) is 4.07. The third-order valence-corrected chi connectivity index (χ3v) is 4.07. The molecule has 0 aliphatic carbocycles. The maximum atomic E-state index is 11.6. The van der Waals surface area contributed by atoms with E-state index in [0.29, 0.717) is 18.5 Å². The predicted molar refractivity (Wildman–Crippen MR) is 97.5 cm³/mol. The van der Waals surface area contributed by atoms with Gasteiger partial charge in [0.1, 0.15) is 0 Å². The summed E-state index contributed by atoms with van der Waals surface area (Å²) in [6, 6.07) is 17.5. The van der Waals surface area contributed by atoms with Gasteiger partial charge in [-0.2, -0.15) is 0 Å². The van der Waals surface area contributed by atoms with E-state index in [2.05, 4.69) is 10.6 Å². The summed E-state index contributed by atoms with van der Waals surface area (Å²) < 4.78 is 0. The largest absolute Gasteiger partial charge is 0.481 e. The molecule has 2 aromatic carbocycles. The van der Waals surface area contributed by atoms with Crippen LogP contribution in [0.5, 0.6) is 0 Å². The Morgan fingerprint density at radius 2 is 1.68 bits per heavy atom. The standard InChI is InChI=1S/C20H24N2O3/c1-21-20(25)17-9-7-16(8-10-17)14-22-18(11-12-19(23)24)13-15-5-3-2-4-6-15/h2-10,18,22H,11-14H2,1H3,(H,21,25)(H,23,24). The van der Waals surface area contributed by atoms with E-state index in [0.717, 1.165) is 12.0 Å². The molecule has 5 heteroatoms. The van der Waals surface area contributed by atoms with E-state index in [1.54, 1.807) is 19.2 Å². The topological polar surface area (TPSA) is 78.4 Å². The number of carboxylic acids is 1. The summed E-state index contributed by atoms with van der Waals surface area (Å²) in [6.45, 7) is 0.630. The minimum absolute atomic E-state index is 0.0807. The van der Waals surface area contributed by atoms with Gasteiger partial charge in [-0.3, -0.25) is 9.59 Å². The number of rotatable bonds is 9. The lowest BCUT2D eigenvalue weighted by Gasteiger charge is -2.18. The van der Waals surface area contributed by atoms with Gasteiger partial charge >= 0.3 is 5.97 Å². The Balaban J connectivity index is 1.96. The number of nitrogens with one attached hydrogen (secondary N) is 2. The molecule has 0 radical (unpaired) electrons. The molecular formula is C20H24N2O3. The molecule has 0 aliphatic rings. The van der Waals surface area contributed by atoms with Gasteiger partial charge in [0, 0.05) is 31.6 Å². The lowest BCUT2D eigenvalue weighted by molar-refractivity contribution is -0.137. The zero-order valence-corrected chi connectivity index (χ0v) is 14.4. The molecule has 5 nitrogen and oxygen atoms in total. The maximum Gasteiger partial charge on any atom is 0.303 e. The van der Waals surface area contributed by atoms with Gasteiger partial charge in [0.25, 0.3) is 5.91 Å². The number of amides is 1. The first kappa shape index (κ1) is 18.7. The number of aliphatic carboxylic acids is 1. The van der Waals surface area contributed by atoms with Crippen molar-refractivity contribution in [1.82, 2.24) is 10.6 Å². The van der Waals surface area contributed by atoms with Crippen LogP contribution in [0.1, 0.15) is 34.3 Å². The van der Waals surface area contributed by atoms with Crippen molar-refractivity contribution >= 4 is 11.9 Å². The molecule has 0 spiro atoms. The van der Waals surface area contributed by atoms with E-state index in [4.69, 9.17) is 5.11 Å². The van der Waals surface area contributed by atoms with E-state index in [-0.39, 0.29) is 18.4 Å². The molecule has 1 unspecified atom stereocenters. The molecular weight excluding hydrogens is 316 g/mol. The molecule has 2 rings (SSSR count). The second-order valence-electron chi connectivity index (χ2n) is 5.98. The SMILES string of the molecule is CNC(=O)c1ccc(CNC(CCC(=O)O)Cc2ccccc2)cc1. The smallest absolute Gasteiger partial charge is 0.303 e. The van der Waals surface area contributed by atoms with Crippen molar-refractivity contribution in [2.75, 3.05) is 7.05 Å². The summed E-state index contributed by atoms with van der Waals surface area (Å²) in [6.07, 6.45) is 1.49. The maximum absolute atomic E-state index is 11.6. The molecule has 0 saturated heterocycles. The molecule has 3 N–H and O–H groups in total.